The maximum Gasteiger partial charge on any atom is 0.408 e. The van der Waals surface area contributed by atoms with E-state index >= 15 is 0 Å². The van der Waals surface area contributed by atoms with Gasteiger partial charge in [0, 0.05) is 23.8 Å². The molecule has 12 nitrogen and oxygen atoms in total. The molecule has 4 rings (SSSR count). The van der Waals surface area contributed by atoms with E-state index in [1.54, 1.807) is 20.8 Å². The van der Waals surface area contributed by atoms with Crippen LogP contribution in [0.2, 0.25) is 0 Å². The van der Waals surface area contributed by atoms with Gasteiger partial charge in [-0.25, -0.2) is 4.79 Å². The molecular weight excluding hydrogens is 596 g/mol. The molecule has 12 heteroatoms. The van der Waals surface area contributed by atoms with Crippen LogP contribution in [0.3, 0.4) is 0 Å². The summed E-state index contributed by atoms with van der Waals surface area (Å²) >= 11 is 0. The molecule has 0 saturated carbocycles. The van der Waals surface area contributed by atoms with Crippen molar-refractivity contribution in [1.29, 1.82) is 0 Å². The van der Waals surface area contributed by atoms with Crippen LogP contribution in [0, 0.1) is 23.7 Å². The number of carbonyl (C=O) groups excluding carboxylic acids is 3. The second-order valence-corrected chi connectivity index (χ2v) is 14.7. The molecular formula is C34H56N2O10. The Morgan fingerprint density at radius 3 is 2.37 bits per heavy atom. The molecule has 0 aliphatic carbocycles. The average Bonchev–Trinajstić information content (AvgIpc) is 3.32. The van der Waals surface area contributed by atoms with Crippen LogP contribution in [0.1, 0.15) is 74.7 Å². The van der Waals surface area contributed by atoms with Gasteiger partial charge in [0.25, 0.3) is 0 Å². The summed E-state index contributed by atoms with van der Waals surface area (Å²) in [4.78, 5) is 42.7. The number of hydrogen-bond acceptors (Lipinski definition) is 11. The van der Waals surface area contributed by atoms with E-state index in [1.807, 2.05) is 53.6 Å². The summed E-state index contributed by atoms with van der Waals surface area (Å²) in [6.07, 6.45) is -3.93. The van der Waals surface area contributed by atoms with E-state index < -0.39 is 83.7 Å². The fourth-order valence-corrected chi connectivity index (χ4v) is 8.09. The predicted molar refractivity (Wildman–Crippen MR) is 169 cm³/mol. The van der Waals surface area contributed by atoms with E-state index in [2.05, 4.69) is 11.9 Å². The molecule has 4 fully saturated rings. The number of Topliss-reactive ketones (excluding diaryl/α,β-unsaturated/α-hetero) is 1. The molecule has 0 aromatic carbocycles. The van der Waals surface area contributed by atoms with E-state index in [4.69, 9.17) is 28.4 Å². The Balaban J connectivity index is 1.83. The van der Waals surface area contributed by atoms with Crippen LogP contribution in [0.5, 0.6) is 0 Å². The van der Waals surface area contributed by atoms with Gasteiger partial charge in [-0.3, -0.25) is 9.59 Å². The fraction of sp³-hybridized carbons (Fsp3) is 0.853. The normalized spacial score (nSPS) is 46.3. The van der Waals surface area contributed by atoms with Crippen LogP contribution in [0.4, 0.5) is 4.79 Å². The number of amides is 1. The van der Waals surface area contributed by atoms with Gasteiger partial charge in [0.2, 0.25) is 0 Å². The van der Waals surface area contributed by atoms with Crippen molar-refractivity contribution in [3.05, 3.63) is 12.2 Å². The zero-order chi connectivity index (χ0) is 34.3. The van der Waals surface area contributed by atoms with Crippen LogP contribution in [-0.2, 0) is 38.0 Å². The SMILES string of the molecule is C=C1CO[C@H]2[C@H](C)[C@@H](O[C@@H]3O[C@H](C)C[C@H](N(C)C)[C@H]3O)[C@@](C)(C[C@@H](C)C(=O)[C@H](C)[C@H]3NC(=O)O[C@]3(C)[C@@H](CC)OC(=O)[C@@H]2C)OC1. The summed E-state index contributed by atoms with van der Waals surface area (Å²) in [7, 11) is 3.82. The number of ether oxygens (including phenoxy) is 6. The number of nitrogens with one attached hydrogen (secondary N) is 1. The van der Waals surface area contributed by atoms with E-state index in [-0.39, 0.29) is 37.6 Å². The van der Waals surface area contributed by atoms with Gasteiger partial charge in [-0.15, -0.1) is 0 Å². The lowest BCUT2D eigenvalue weighted by Gasteiger charge is -2.48. The molecule has 4 aliphatic heterocycles. The molecule has 0 aromatic heterocycles. The number of nitrogens with zero attached hydrogens (tertiary/aromatic N) is 1. The number of aliphatic hydroxyl groups excluding tert-OH is 1. The maximum atomic E-state index is 14.2. The molecule has 262 valence electrons. The third kappa shape index (κ3) is 7.17. The predicted octanol–water partition coefficient (Wildman–Crippen LogP) is 3.23. The Morgan fingerprint density at radius 1 is 1.07 bits per heavy atom. The van der Waals surface area contributed by atoms with E-state index in [1.165, 1.54) is 0 Å². The smallest absolute Gasteiger partial charge is 0.408 e. The summed E-state index contributed by atoms with van der Waals surface area (Å²) in [5.41, 5.74) is -1.72. The largest absolute Gasteiger partial charge is 0.458 e. The summed E-state index contributed by atoms with van der Waals surface area (Å²) in [5, 5.41) is 14.3. The van der Waals surface area contributed by atoms with Gasteiger partial charge >= 0.3 is 12.1 Å². The Kier molecular flexibility index (Phi) is 11.3. The van der Waals surface area contributed by atoms with Crippen LogP contribution in [0.25, 0.3) is 0 Å². The third-order valence-corrected chi connectivity index (χ3v) is 10.7. The Hall–Kier alpha value is -2.09. The zero-order valence-electron chi connectivity index (χ0n) is 29.2. The monoisotopic (exact) mass is 652 g/mol. The highest BCUT2D eigenvalue weighted by Crippen LogP contribution is 2.42. The zero-order valence-corrected chi connectivity index (χ0v) is 29.2. The van der Waals surface area contributed by atoms with Crippen LogP contribution in [-0.4, -0.2) is 115 Å². The Labute approximate surface area is 273 Å². The standard InChI is InChI=1S/C34H56N2O10/c1-12-24-34(9)28(35-32(40)46-34)20(5)25(37)18(3)14-33(8)29(45-31-26(38)23(36(10)11)13-19(4)43-31)21(6)27(22(7)30(39)44-24)41-15-17(2)16-42-33/h18-24,26-29,31,38H,2,12-16H2,1,3-11H3,(H,35,40)/t18-,19-,20+,21+,22-,23+,24-,26-,27+,28-,29-,31+,33-,34-/m1/s1. The Bertz CT molecular complexity index is 1150. The molecule has 4 saturated heterocycles. The molecule has 0 aromatic rings. The second kappa shape index (κ2) is 14.2. The topological polar surface area (TPSA) is 142 Å². The molecule has 0 unspecified atom stereocenters. The number of cyclic esters (lactones) is 1. The first-order chi connectivity index (χ1) is 21.4. The van der Waals surface area contributed by atoms with Crippen molar-refractivity contribution in [3.8, 4) is 0 Å². The minimum absolute atomic E-state index is 0.105. The van der Waals surface area contributed by atoms with Crippen molar-refractivity contribution in [2.75, 3.05) is 27.3 Å². The number of carbonyl (C=O) groups is 3. The van der Waals surface area contributed by atoms with Crippen molar-refractivity contribution in [3.63, 3.8) is 0 Å². The third-order valence-electron chi connectivity index (χ3n) is 10.7. The lowest BCUT2D eigenvalue weighted by Crippen LogP contribution is -2.60. The van der Waals surface area contributed by atoms with Gasteiger partial charge in [0.1, 0.15) is 18.0 Å². The van der Waals surface area contributed by atoms with Gasteiger partial charge in [0.15, 0.2) is 11.9 Å². The molecule has 4 aliphatic rings. The van der Waals surface area contributed by atoms with Crippen molar-refractivity contribution in [2.45, 2.75) is 135 Å². The van der Waals surface area contributed by atoms with Crippen LogP contribution in [0.15, 0.2) is 12.2 Å². The minimum Gasteiger partial charge on any atom is -0.458 e. The number of ketones is 1. The minimum atomic E-state index is -1.27. The molecule has 46 heavy (non-hydrogen) atoms. The molecule has 2 bridgehead atoms. The highest BCUT2D eigenvalue weighted by molar-refractivity contribution is 5.85. The number of esters is 1. The number of likely N-dealkylation sites (N-methyl/N-ethyl adjacent to an activating group) is 1. The van der Waals surface area contributed by atoms with Crippen molar-refractivity contribution in [2.24, 2.45) is 23.7 Å². The lowest BCUT2D eigenvalue weighted by molar-refractivity contribution is -0.302. The molecule has 0 spiro atoms. The van der Waals surface area contributed by atoms with Gasteiger partial charge in [-0.05, 0) is 66.6 Å². The number of fused-ring (bicyclic) bond motifs is 4. The number of alkyl carbamates (subject to hydrolysis) is 1. The lowest BCUT2D eigenvalue weighted by atomic mass is 9.73. The first-order valence-electron chi connectivity index (χ1n) is 16.7. The first-order valence-corrected chi connectivity index (χ1v) is 16.7. The second-order valence-electron chi connectivity index (χ2n) is 14.7. The summed E-state index contributed by atoms with van der Waals surface area (Å²) in [6.45, 7) is 19.1. The molecule has 1 amide bonds. The van der Waals surface area contributed by atoms with Crippen molar-refractivity contribution >= 4 is 17.8 Å². The van der Waals surface area contributed by atoms with Crippen molar-refractivity contribution in [1.82, 2.24) is 10.2 Å². The molecule has 14 atom stereocenters. The van der Waals surface area contributed by atoms with Crippen LogP contribution < -0.4 is 5.32 Å². The number of aliphatic hydroxyl groups is 1. The van der Waals surface area contributed by atoms with Crippen molar-refractivity contribution < 1.29 is 47.9 Å². The summed E-state index contributed by atoms with van der Waals surface area (Å²) in [6, 6.07) is -0.946. The van der Waals surface area contributed by atoms with Gasteiger partial charge < -0.3 is 43.7 Å². The quantitative estimate of drug-likeness (QED) is 0.342. The van der Waals surface area contributed by atoms with Gasteiger partial charge in [0.05, 0.1) is 49.1 Å². The van der Waals surface area contributed by atoms with E-state index in [0.29, 0.717) is 18.4 Å². The highest BCUT2D eigenvalue weighted by Gasteiger charge is 2.57. The molecule has 2 N–H and O–H groups in total. The van der Waals surface area contributed by atoms with E-state index in [9.17, 15) is 19.5 Å². The van der Waals surface area contributed by atoms with E-state index in [0.717, 1.165) is 0 Å². The number of rotatable bonds is 4. The molecule has 4 heterocycles. The van der Waals surface area contributed by atoms with Crippen LogP contribution >= 0.6 is 0 Å². The Morgan fingerprint density at radius 2 is 1.74 bits per heavy atom. The maximum absolute atomic E-state index is 14.2. The summed E-state index contributed by atoms with van der Waals surface area (Å²) in [5.74, 6) is -3.12. The highest BCUT2D eigenvalue weighted by atomic mass is 16.7. The first kappa shape index (κ1) is 36.7. The van der Waals surface area contributed by atoms with Gasteiger partial charge in [-0.2, -0.15) is 0 Å². The van der Waals surface area contributed by atoms with Gasteiger partial charge in [-0.1, -0.05) is 34.3 Å². The molecule has 0 radical (unpaired) electrons. The summed E-state index contributed by atoms with van der Waals surface area (Å²) < 4.78 is 37.9. The fourth-order valence-electron chi connectivity index (χ4n) is 8.09. The number of hydrogen-bond donors (Lipinski definition) is 2. The average molecular weight is 653 g/mol.